The second kappa shape index (κ2) is 7.19. The zero-order chi connectivity index (χ0) is 15.2. The predicted octanol–water partition coefficient (Wildman–Crippen LogP) is 1.52. The number of nitrogens with one attached hydrogen (secondary N) is 1. The molecule has 0 fully saturated rings. The number of ether oxygens (including phenoxy) is 1. The Morgan fingerprint density at radius 2 is 2.14 bits per heavy atom. The summed E-state index contributed by atoms with van der Waals surface area (Å²) in [6.07, 6.45) is -0.603. The van der Waals surface area contributed by atoms with Gasteiger partial charge < -0.3 is 19.7 Å². The lowest BCUT2D eigenvalue weighted by atomic mass is 10.1. The van der Waals surface area contributed by atoms with E-state index in [0.29, 0.717) is 24.8 Å². The molecule has 2 aromatic rings. The smallest absolute Gasteiger partial charge is 0.240 e. The van der Waals surface area contributed by atoms with Gasteiger partial charge in [0.05, 0.1) is 6.54 Å². The first-order chi connectivity index (χ1) is 10.0. The summed E-state index contributed by atoms with van der Waals surface area (Å²) in [4.78, 5) is 4.07. The van der Waals surface area contributed by atoms with Crippen LogP contribution in [-0.2, 0) is 6.54 Å². The van der Waals surface area contributed by atoms with Crippen molar-refractivity contribution < 1.29 is 14.4 Å². The van der Waals surface area contributed by atoms with Crippen LogP contribution in [0.3, 0.4) is 0 Å². The fourth-order valence-corrected chi connectivity index (χ4v) is 1.87. The molecule has 21 heavy (non-hydrogen) atoms. The molecular formula is C15H21N3O3. The highest BCUT2D eigenvalue weighted by Crippen LogP contribution is 2.19. The standard InChI is InChI=1S/C15H21N3O3/c1-10-4-5-11(2)14(6-10)20-9-13(19)7-16-8-15-17-12(3)18-21-15/h4-6,13,16,19H,7-9H2,1-3H3. The van der Waals surface area contributed by atoms with Crippen molar-refractivity contribution in [2.75, 3.05) is 13.2 Å². The predicted molar refractivity (Wildman–Crippen MR) is 78.2 cm³/mol. The van der Waals surface area contributed by atoms with Gasteiger partial charge in [0.15, 0.2) is 5.82 Å². The molecule has 0 spiro atoms. The number of rotatable bonds is 7. The van der Waals surface area contributed by atoms with E-state index in [9.17, 15) is 5.11 Å². The topological polar surface area (TPSA) is 80.4 Å². The number of benzene rings is 1. The Morgan fingerprint density at radius 1 is 1.33 bits per heavy atom. The highest BCUT2D eigenvalue weighted by Gasteiger charge is 2.08. The largest absolute Gasteiger partial charge is 0.491 e. The summed E-state index contributed by atoms with van der Waals surface area (Å²) in [5.74, 6) is 1.92. The molecule has 0 radical (unpaired) electrons. The van der Waals surface area contributed by atoms with Crippen LogP contribution in [-0.4, -0.2) is 34.5 Å². The maximum Gasteiger partial charge on any atom is 0.240 e. The Hall–Kier alpha value is -1.92. The molecular weight excluding hydrogens is 270 g/mol. The van der Waals surface area contributed by atoms with Crippen LogP contribution < -0.4 is 10.1 Å². The van der Waals surface area contributed by atoms with Gasteiger partial charge in [-0.05, 0) is 38.0 Å². The lowest BCUT2D eigenvalue weighted by molar-refractivity contribution is 0.105. The average Bonchev–Trinajstić information content (AvgIpc) is 2.85. The van der Waals surface area contributed by atoms with E-state index in [1.165, 1.54) is 0 Å². The van der Waals surface area contributed by atoms with Crippen LogP contribution in [0.4, 0.5) is 0 Å². The van der Waals surface area contributed by atoms with Gasteiger partial charge in [0.25, 0.3) is 0 Å². The quantitative estimate of drug-likeness (QED) is 0.805. The summed E-state index contributed by atoms with van der Waals surface area (Å²) < 4.78 is 10.6. The van der Waals surface area contributed by atoms with Crippen LogP contribution in [0.5, 0.6) is 5.75 Å². The highest BCUT2D eigenvalue weighted by atomic mass is 16.5. The SMILES string of the molecule is Cc1ccc(C)c(OCC(O)CNCc2nc(C)no2)c1. The van der Waals surface area contributed by atoms with Crippen molar-refractivity contribution in [2.45, 2.75) is 33.4 Å². The van der Waals surface area contributed by atoms with Gasteiger partial charge in [0.2, 0.25) is 5.89 Å². The van der Waals surface area contributed by atoms with Crippen molar-refractivity contribution in [3.63, 3.8) is 0 Å². The number of aryl methyl sites for hydroxylation is 3. The van der Waals surface area contributed by atoms with Crippen LogP contribution in [0.25, 0.3) is 0 Å². The number of hydrogen-bond acceptors (Lipinski definition) is 6. The summed E-state index contributed by atoms with van der Waals surface area (Å²) in [7, 11) is 0. The molecule has 1 heterocycles. The van der Waals surface area contributed by atoms with Crippen LogP contribution in [0.1, 0.15) is 22.8 Å². The van der Waals surface area contributed by atoms with E-state index in [1.54, 1.807) is 6.92 Å². The number of aromatic nitrogens is 2. The molecule has 6 heteroatoms. The molecule has 6 nitrogen and oxygen atoms in total. The number of nitrogens with zero attached hydrogens (tertiary/aromatic N) is 2. The van der Waals surface area contributed by atoms with Crippen molar-refractivity contribution in [1.29, 1.82) is 0 Å². The Morgan fingerprint density at radius 3 is 2.86 bits per heavy atom. The molecule has 0 bridgehead atoms. The fraction of sp³-hybridized carbons (Fsp3) is 0.467. The van der Waals surface area contributed by atoms with Crippen molar-refractivity contribution in [3.8, 4) is 5.75 Å². The lowest BCUT2D eigenvalue weighted by Crippen LogP contribution is -2.31. The monoisotopic (exact) mass is 291 g/mol. The van der Waals surface area contributed by atoms with Gasteiger partial charge in [0.1, 0.15) is 18.5 Å². The zero-order valence-electron chi connectivity index (χ0n) is 12.6. The second-order valence-corrected chi connectivity index (χ2v) is 5.10. The average molecular weight is 291 g/mol. The van der Waals surface area contributed by atoms with Crippen LogP contribution >= 0.6 is 0 Å². The summed E-state index contributed by atoms with van der Waals surface area (Å²) >= 11 is 0. The maximum atomic E-state index is 9.90. The second-order valence-electron chi connectivity index (χ2n) is 5.10. The first kappa shape index (κ1) is 15.5. The molecule has 0 aliphatic rings. The lowest BCUT2D eigenvalue weighted by Gasteiger charge is -2.14. The Kier molecular flexibility index (Phi) is 5.30. The van der Waals surface area contributed by atoms with E-state index in [0.717, 1.165) is 16.9 Å². The van der Waals surface area contributed by atoms with Gasteiger partial charge in [-0.25, -0.2) is 0 Å². The van der Waals surface area contributed by atoms with Gasteiger partial charge in [-0.1, -0.05) is 17.3 Å². The first-order valence-electron chi connectivity index (χ1n) is 6.92. The third-order valence-corrected chi connectivity index (χ3v) is 3.00. The number of hydrogen-bond donors (Lipinski definition) is 2. The normalized spacial score (nSPS) is 12.4. The molecule has 114 valence electrons. The molecule has 2 N–H and O–H groups in total. The maximum absolute atomic E-state index is 9.90. The summed E-state index contributed by atoms with van der Waals surface area (Å²) in [5.41, 5.74) is 2.19. The molecule has 0 saturated carbocycles. The summed E-state index contributed by atoms with van der Waals surface area (Å²) in [6.45, 7) is 6.82. The molecule has 0 aliphatic carbocycles. The van der Waals surface area contributed by atoms with Crippen molar-refractivity contribution in [3.05, 3.63) is 41.0 Å². The minimum absolute atomic E-state index is 0.236. The first-order valence-corrected chi connectivity index (χ1v) is 6.92. The van der Waals surface area contributed by atoms with Crippen molar-refractivity contribution in [1.82, 2.24) is 15.5 Å². The van der Waals surface area contributed by atoms with E-state index in [4.69, 9.17) is 9.26 Å². The molecule has 0 aliphatic heterocycles. The fourth-order valence-electron chi connectivity index (χ4n) is 1.87. The van der Waals surface area contributed by atoms with Crippen LogP contribution in [0.2, 0.25) is 0 Å². The van der Waals surface area contributed by atoms with E-state index < -0.39 is 6.10 Å². The molecule has 0 amide bonds. The van der Waals surface area contributed by atoms with Gasteiger partial charge >= 0.3 is 0 Å². The van der Waals surface area contributed by atoms with E-state index >= 15 is 0 Å². The van der Waals surface area contributed by atoms with Crippen molar-refractivity contribution >= 4 is 0 Å². The van der Waals surface area contributed by atoms with Gasteiger partial charge in [-0.15, -0.1) is 0 Å². The molecule has 1 aromatic heterocycles. The Balaban J connectivity index is 1.72. The summed E-state index contributed by atoms with van der Waals surface area (Å²) in [6, 6.07) is 6.01. The van der Waals surface area contributed by atoms with E-state index in [1.807, 2.05) is 32.0 Å². The minimum atomic E-state index is -0.603. The number of aliphatic hydroxyl groups is 1. The van der Waals surface area contributed by atoms with Crippen molar-refractivity contribution in [2.24, 2.45) is 0 Å². The van der Waals surface area contributed by atoms with Gasteiger partial charge in [0, 0.05) is 6.54 Å². The molecule has 1 aromatic carbocycles. The highest BCUT2D eigenvalue weighted by molar-refractivity contribution is 5.35. The van der Waals surface area contributed by atoms with Gasteiger partial charge in [-0.2, -0.15) is 4.98 Å². The minimum Gasteiger partial charge on any atom is -0.491 e. The molecule has 2 rings (SSSR count). The molecule has 1 unspecified atom stereocenters. The summed E-state index contributed by atoms with van der Waals surface area (Å²) in [5, 5.41) is 16.6. The number of aliphatic hydroxyl groups excluding tert-OH is 1. The van der Waals surface area contributed by atoms with Gasteiger partial charge in [-0.3, -0.25) is 0 Å². The van der Waals surface area contributed by atoms with E-state index in [-0.39, 0.29) is 6.61 Å². The molecule has 1 atom stereocenters. The Bertz CT molecular complexity index is 583. The zero-order valence-corrected chi connectivity index (χ0v) is 12.6. The third-order valence-electron chi connectivity index (χ3n) is 3.00. The van der Waals surface area contributed by atoms with E-state index in [2.05, 4.69) is 15.5 Å². The Labute approximate surface area is 124 Å². The van der Waals surface area contributed by atoms with Crippen LogP contribution in [0.15, 0.2) is 22.7 Å². The van der Waals surface area contributed by atoms with Crippen LogP contribution in [0, 0.1) is 20.8 Å². The third kappa shape index (κ3) is 4.84. The molecule has 0 saturated heterocycles.